The molecule has 0 spiro atoms. The maximum Gasteiger partial charge on any atom is 0.224 e. The molecular weight excluding hydrogens is 323 g/mol. The molecule has 4 heteroatoms. The Morgan fingerprint density at radius 2 is 1.76 bits per heavy atom. The van der Waals surface area contributed by atoms with Gasteiger partial charge in [0, 0.05) is 20.5 Å². The zero-order valence-electron chi connectivity index (χ0n) is 10.8. The minimum Gasteiger partial charge on any atom is -0.281 e. The lowest BCUT2D eigenvalue weighted by molar-refractivity contribution is -0.107. The van der Waals surface area contributed by atoms with Gasteiger partial charge in [-0.25, -0.2) is 0 Å². The summed E-state index contributed by atoms with van der Waals surface area (Å²) >= 11 is 13.3. The van der Waals surface area contributed by atoms with Crippen LogP contribution >= 0.6 is 35.0 Å². The molecule has 1 aliphatic heterocycles. The summed E-state index contributed by atoms with van der Waals surface area (Å²) < 4.78 is 0. The molecular formula is C17H10Cl2OS. The molecule has 2 aromatic carbocycles. The van der Waals surface area contributed by atoms with Crippen LogP contribution in [0.4, 0.5) is 0 Å². The fourth-order valence-electron chi connectivity index (χ4n) is 2.02. The second kappa shape index (κ2) is 6.10. The molecule has 2 aromatic rings. The van der Waals surface area contributed by atoms with Crippen LogP contribution in [0, 0.1) is 0 Å². The first-order chi connectivity index (χ1) is 10.1. The average molecular weight is 333 g/mol. The van der Waals surface area contributed by atoms with E-state index < -0.39 is 0 Å². The van der Waals surface area contributed by atoms with Crippen LogP contribution in [0.3, 0.4) is 0 Å². The molecule has 0 saturated carbocycles. The van der Waals surface area contributed by atoms with Crippen molar-refractivity contribution in [3.63, 3.8) is 0 Å². The number of carbonyl (C=O) groups is 1. The van der Waals surface area contributed by atoms with Crippen molar-refractivity contribution in [1.29, 1.82) is 0 Å². The van der Waals surface area contributed by atoms with Crippen molar-refractivity contribution in [2.45, 2.75) is 0 Å². The van der Waals surface area contributed by atoms with E-state index in [2.05, 4.69) is 0 Å². The second-order valence-corrected chi connectivity index (χ2v) is 6.39. The van der Waals surface area contributed by atoms with Gasteiger partial charge in [0.1, 0.15) is 0 Å². The van der Waals surface area contributed by atoms with Crippen LogP contribution in [0.25, 0.3) is 11.0 Å². The van der Waals surface area contributed by atoms with Crippen LogP contribution in [0.5, 0.6) is 0 Å². The summed E-state index contributed by atoms with van der Waals surface area (Å²) in [5, 5.41) is 1.14. The molecule has 0 amide bonds. The third kappa shape index (κ3) is 3.24. The molecule has 0 N–H and O–H groups in total. The van der Waals surface area contributed by atoms with Crippen molar-refractivity contribution in [1.82, 2.24) is 0 Å². The van der Waals surface area contributed by atoms with E-state index >= 15 is 0 Å². The number of thioether (sulfide) groups is 1. The smallest absolute Gasteiger partial charge is 0.224 e. The Hall–Kier alpha value is -1.48. The van der Waals surface area contributed by atoms with Gasteiger partial charge in [0.05, 0.1) is 0 Å². The first kappa shape index (κ1) is 14.5. The van der Waals surface area contributed by atoms with Gasteiger partial charge in [-0.2, -0.15) is 0 Å². The Morgan fingerprint density at radius 3 is 2.48 bits per heavy atom. The second-order valence-electron chi connectivity index (χ2n) is 4.53. The number of halogens is 2. The number of rotatable bonds is 2. The minimum absolute atomic E-state index is 0.0277. The molecule has 0 aromatic heterocycles. The van der Waals surface area contributed by atoms with Crippen molar-refractivity contribution in [2.24, 2.45) is 0 Å². The zero-order chi connectivity index (χ0) is 14.8. The standard InChI is InChI=1S/C17H10Cl2OS/c18-14-7-6-12(15(19)10-14)8-13-9-16(21-17(13)20)11-4-2-1-3-5-11/h1-10H. The predicted molar refractivity (Wildman–Crippen MR) is 91.5 cm³/mol. The molecule has 1 heterocycles. The average Bonchev–Trinajstić information content (AvgIpc) is 2.84. The van der Waals surface area contributed by atoms with E-state index in [-0.39, 0.29) is 5.12 Å². The van der Waals surface area contributed by atoms with Crippen molar-refractivity contribution in [3.05, 3.63) is 81.4 Å². The summed E-state index contributed by atoms with van der Waals surface area (Å²) in [6, 6.07) is 15.1. The molecule has 1 nitrogen and oxygen atoms in total. The van der Waals surface area contributed by atoms with Crippen LogP contribution in [0.2, 0.25) is 10.0 Å². The van der Waals surface area contributed by atoms with E-state index in [1.165, 1.54) is 11.8 Å². The van der Waals surface area contributed by atoms with E-state index in [1.807, 2.05) is 42.5 Å². The molecule has 0 atom stereocenters. The highest BCUT2D eigenvalue weighted by atomic mass is 35.5. The molecule has 21 heavy (non-hydrogen) atoms. The van der Waals surface area contributed by atoms with Crippen molar-refractivity contribution < 1.29 is 4.79 Å². The van der Waals surface area contributed by atoms with Crippen molar-refractivity contribution >= 4 is 51.1 Å². The van der Waals surface area contributed by atoms with Gasteiger partial charge in [0.2, 0.25) is 5.12 Å². The highest BCUT2D eigenvalue weighted by molar-refractivity contribution is 8.22. The Labute approximate surface area is 137 Å². The number of hydrogen-bond acceptors (Lipinski definition) is 2. The van der Waals surface area contributed by atoms with Gasteiger partial charge in [-0.3, -0.25) is 4.79 Å². The van der Waals surface area contributed by atoms with Crippen LogP contribution in [0.1, 0.15) is 11.1 Å². The predicted octanol–water partition coefficient (Wildman–Crippen LogP) is 5.69. The maximum absolute atomic E-state index is 12.1. The summed E-state index contributed by atoms with van der Waals surface area (Å²) in [4.78, 5) is 13.1. The molecule has 1 aliphatic rings. The fraction of sp³-hybridized carbons (Fsp3) is 0. The minimum atomic E-state index is 0.0277. The molecule has 0 saturated heterocycles. The van der Waals surface area contributed by atoms with E-state index in [0.717, 1.165) is 16.0 Å². The molecule has 3 rings (SSSR count). The SMILES string of the molecule is O=C1SC(c2ccccc2)=CC1=Cc1ccc(Cl)cc1Cl. The van der Waals surface area contributed by atoms with Gasteiger partial charge >= 0.3 is 0 Å². The number of carbonyl (C=O) groups excluding carboxylic acids is 1. The Morgan fingerprint density at radius 1 is 1.00 bits per heavy atom. The third-order valence-electron chi connectivity index (χ3n) is 3.06. The molecule has 0 radical (unpaired) electrons. The number of hydrogen-bond donors (Lipinski definition) is 0. The summed E-state index contributed by atoms with van der Waals surface area (Å²) in [6.45, 7) is 0. The fourth-order valence-corrected chi connectivity index (χ4v) is 3.36. The first-order valence-electron chi connectivity index (χ1n) is 6.29. The zero-order valence-corrected chi connectivity index (χ0v) is 13.2. The van der Waals surface area contributed by atoms with Gasteiger partial charge in [-0.15, -0.1) is 0 Å². The van der Waals surface area contributed by atoms with Crippen LogP contribution in [-0.4, -0.2) is 5.12 Å². The highest BCUT2D eigenvalue weighted by Crippen LogP contribution is 2.39. The normalized spacial score (nSPS) is 16.4. The van der Waals surface area contributed by atoms with Crippen LogP contribution < -0.4 is 0 Å². The van der Waals surface area contributed by atoms with Crippen molar-refractivity contribution in [2.75, 3.05) is 0 Å². The first-order valence-corrected chi connectivity index (χ1v) is 7.87. The topological polar surface area (TPSA) is 17.1 Å². The third-order valence-corrected chi connectivity index (χ3v) is 4.61. The van der Waals surface area contributed by atoms with E-state index in [0.29, 0.717) is 15.6 Å². The molecule has 0 fully saturated rings. The molecule has 0 bridgehead atoms. The number of allylic oxidation sites excluding steroid dienone is 1. The summed E-state index contributed by atoms with van der Waals surface area (Å²) in [5.74, 6) is 0. The Bertz CT molecular complexity index is 764. The van der Waals surface area contributed by atoms with Gasteiger partial charge in [0.25, 0.3) is 0 Å². The quantitative estimate of drug-likeness (QED) is 0.657. The van der Waals surface area contributed by atoms with Crippen LogP contribution in [-0.2, 0) is 4.79 Å². The van der Waals surface area contributed by atoms with E-state index in [1.54, 1.807) is 18.2 Å². The van der Waals surface area contributed by atoms with Crippen molar-refractivity contribution in [3.8, 4) is 0 Å². The number of benzene rings is 2. The van der Waals surface area contributed by atoms with Crippen LogP contribution in [0.15, 0.2) is 60.2 Å². The van der Waals surface area contributed by atoms with Gasteiger partial charge in [0.15, 0.2) is 0 Å². The van der Waals surface area contributed by atoms with E-state index in [4.69, 9.17) is 23.2 Å². The summed E-state index contributed by atoms with van der Waals surface area (Å²) in [5.41, 5.74) is 2.47. The lowest BCUT2D eigenvalue weighted by Gasteiger charge is -1.99. The largest absolute Gasteiger partial charge is 0.281 e. The summed E-state index contributed by atoms with van der Waals surface area (Å²) in [6.07, 6.45) is 3.69. The molecule has 0 aliphatic carbocycles. The van der Waals surface area contributed by atoms with Gasteiger partial charge in [-0.05, 0) is 47.2 Å². The Kier molecular flexibility index (Phi) is 4.20. The highest BCUT2D eigenvalue weighted by Gasteiger charge is 2.21. The maximum atomic E-state index is 12.1. The molecule has 0 unspecified atom stereocenters. The Balaban J connectivity index is 1.97. The summed E-state index contributed by atoms with van der Waals surface area (Å²) in [7, 11) is 0. The lowest BCUT2D eigenvalue weighted by atomic mass is 10.1. The lowest BCUT2D eigenvalue weighted by Crippen LogP contribution is -1.88. The van der Waals surface area contributed by atoms with Gasteiger partial charge in [-0.1, -0.05) is 59.6 Å². The van der Waals surface area contributed by atoms with Gasteiger partial charge < -0.3 is 0 Å². The monoisotopic (exact) mass is 332 g/mol. The van der Waals surface area contributed by atoms with E-state index in [9.17, 15) is 4.79 Å². The molecule has 104 valence electrons.